The Morgan fingerprint density at radius 2 is 2.10 bits per heavy atom. The number of hydrogen-bond acceptors (Lipinski definition) is 5. The van der Waals surface area contributed by atoms with Gasteiger partial charge in [-0.2, -0.15) is 0 Å². The van der Waals surface area contributed by atoms with Crippen LogP contribution < -0.4 is 0 Å². The molecule has 2 heterocycles. The number of esters is 1. The molecule has 0 spiro atoms. The molecule has 0 saturated heterocycles. The van der Waals surface area contributed by atoms with Crippen LogP contribution in [0.25, 0.3) is 11.1 Å². The van der Waals surface area contributed by atoms with Crippen LogP contribution in [0.15, 0.2) is 33.8 Å². The fourth-order valence-electron chi connectivity index (χ4n) is 2.47. The lowest BCUT2D eigenvalue weighted by Gasteiger charge is -2.07. The van der Waals surface area contributed by atoms with E-state index in [0.717, 1.165) is 22.4 Å². The van der Waals surface area contributed by atoms with Crippen LogP contribution in [0.5, 0.6) is 0 Å². The van der Waals surface area contributed by atoms with Gasteiger partial charge in [-0.05, 0) is 12.5 Å². The van der Waals surface area contributed by atoms with Gasteiger partial charge >= 0.3 is 5.97 Å². The molecule has 3 rings (SSSR count). The van der Waals surface area contributed by atoms with E-state index in [1.165, 1.54) is 7.11 Å². The fourth-order valence-corrected chi connectivity index (χ4v) is 2.75. The first kappa shape index (κ1) is 13.8. The Balaban J connectivity index is 2.20. The summed E-state index contributed by atoms with van der Waals surface area (Å²) < 4.78 is 10.1. The Morgan fingerprint density at radius 3 is 2.81 bits per heavy atom. The number of aliphatic imine (C=N–C) groups is 1. The predicted molar refractivity (Wildman–Crippen MR) is 78.4 cm³/mol. The van der Waals surface area contributed by atoms with E-state index in [1.54, 1.807) is 0 Å². The highest BCUT2D eigenvalue weighted by molar-refractivity contribution is 6.70. The van der Waals surface area contributed by atoms with E-state index in [9.17, 15) is 4.79 Å². The Bertz CT molecular complexity index is 736. The summed E-state index contributed by atoms with van der Waals surface area (Å²) in [6.07, 6.45) is 0.0579. The number of benzene rings is 1. The molecule has 0 radical (unpaired) electrons. The number of fused-ring (bicyclic) bond motifs is 3. The van der Waals surface area contributed by atoms with E-state index < -0.39 is 6.04 Å². The Morgan fingerprint density at radius 1 is 1.38 bits per heavy atom. The van der Waals surface area contributed by atoms with Crippen molar-refractivity contribution < 1.29 is 14.1 Å². The maximum absolute atomic E-state index is 11.6. The summed E-state index contributed by atoms with van der Waals surface area (Å²) in [5, 5.41) is 4.36. The second-order valence-electron chi connectivity index (χ2n) is 4.77. The van der Waals surface area contributed by atoms with Crippen LogP contribution >= 0.6 is 11.6 Å². The topological polar surface area (TPSA) is 64.7 Å². The summed E-state index contributed by atoms with van der Waals surface area (Å²) in [5.74, 6) is 0.167. The summed E-state index contributed by atoms with van der Waals surface area (Å²) in [7, 11) is 1.34. The summed E-state index contributed by atoms with van der Waals surface area (Å²) in [4.78, 5) is 16.0. The molecule has 108 valence electrons. The molecule has 2 aromatic rings. The summed E-state index contributed by atoms with van der Waals surface area (Å²) in [5.41, 5.74) is 3.30. The van der Waals surface area contributed by atoms with Gasteiger partial charge in [0.1, 0.15) is 11.2 Å². The van der Waals surface area contributed by atoms with Crippen molar-refractivity contribution in [1.82, 2.24) is 5.16 Å². The van der Waals surface area contributed by atoms with Crippen LogP contribution in [0.3, 0.4) is 0 Å². The molecule has 1 aromatic carbocycles. The van der Waals surface area contributed by atoms with Crippen LogP contribution in [-0.4, -0.2) is 23.4 Å². The lowest BCUT2D eigenvalue weighted by molar-refractivity contribution is -0.141. The SMILES string of the molecule is COC(=O)C[C@@H]1N=C(Cl)c2ccccc2-c2c(C)noc21. The van der Waals surface area contributed by atoms with Crippen molar-refractivity contribution in [1.29, 1.82) is 0 Å². The van der Waals surface area contributed by atoms with E-state index in [0.29, 0.717) is 10.9 Å². The molecule has 1 aromatic heterocycles. The molecule has 6 heteroatoms. The van der Waals surface area contributed by atoms with E-state index >= 15 is 0 Å². The monoisotopic (exact) mass is 304 g/mol. The Hall–Kier alpha value is -2.14. The van der Waals surface area contributed by atoms with Gasteiger partial charge in [0.05, 0.1) is 24.8 Å². The van der Waals surface area contributed by atoms with Crippen molar-refractivity contribution in [2.45, 2.75) is 19.4 Å². The molecule has 0 unspecified atom stereocenters. The Kier molecular flexibility index (Phi) is 3.51. The number of halogens is 1. The first-order valence-corrected chi connectivity index (χ1v) is 6.85. The van der Waals surface area contributed by atoms with Crippen molar-refractivity contribution in [2.75, 3.05) is 7.11 Å². The summed E-state index contributed by atoms with van der Waals surface area (Å²) >= 11 is 6.31. The van der Waals surface area contributed by atoms with E-state index in [-0.39, 0.29) is 12.4 Å². The van der Waals surface area contributed by atoms with Gasteiger partial charge in [-0.15, -0.1) is 0 Å². The van der Waals surface area contributed by atoms with Gasteiger partial charge in [0, 0.05) is 5.56 Å². The van der Waals surface area contributed by atoms with E-state index in [1.807, 2.05) is 31.2 Å². The van der Waals surface area contributed by atoms with Crippen molar-refractivity contribution >= 4 is 22.7 Å². The third kappa shape index (κ3) is 2.34. The number of carbonyl (C=O) groups is 1. The highest BCUT2D eigenvalue weighted by Crippen LogP contribution is 2.40. The van der Waals surface area contributed by atoms with Gasteiger partial charge in [-0.25, -0.2) is 0 Å². The minimum absolute atomic E-state index is 0.0579. The molecule has 0 aliphatic carbocycles. The quantitative estimate of drug-likeness (QED) is 0.799. The van der Waals surface area contributed by atoms with Crippen molar-refractivity contribution in [3.8, 4) is 11.1 Å². The van der Waals surface area contributed by atoms with Crippen molar-refractivity contribution in [3.63, 3.8) is 0 Å². The number of hydrogen-bond donors (Lipinski definition) is 0. The highest BCUT2D eigenvalue weighted by Gasteiger charge is 2.30. The number of methoxy groups -OCH3 is 1. The lowest BCUT2D eigenvalue weighted by atomic mass is 9.97. The number of rotatable bonds is 2. The normalized spacial score (nSPS) is 16.5. The van der Waals surface area contributed by atoms with Crippen molar-refractivity contribution in [3.05, 3.63) is 41.3 Å². The molecule has 0 N–H and O–H groups in total. The predicted octanol–water partition coefficient (Wildman–Crippen LogP) is 3.25. The van der Waals surface area contributed by atoms with Crippen molar-refractivity contribution in [2.24, 2.45) is 4.99 Å². The lowest BCUT2D eigenvalue weighted by Crippen LogP contribution is -2.07. The van der Waals surface area contributed by atoms with Gasteiger partial charge < -0.3 is 9.26 Å². The first-order chi connectivity index (χ1) is 10.1. The molecule has 1 aliphatic rings. The maximum atomic E-state index is 11.6. The van der Waals surface area contributed by atoms with Crippen LogP contribution in [0.4, 0.5) is 0 Å². The summed E-state index contributed by atoms with van der Waals surface area (Å²) in [6.45, 7) is 1.85. The molecular weight excluding hydrogens is 292 g/mol. The zero-order valence-corrected chi connectivity index (χ0v) is 12.3. The standard InChI is InChI=1S/C15H13ClN2O3/c1-8-13-9-5-3-4-6-10(9)15(16)17-11(7-12(19)20-2)14(13)21-18-8/h3-6,11H,7H2,1-2H3/t11-/m0/s1. The average molecular weight is 305 g/mol. The van der Waals surface area contributed by atoms with Crippen LogP contribution in [0.2, 0.25) is 0 Å². The molecule has 5 nitrogen and oxygen atoms in total. The van der Waals surface area contributed by atoms with Gasteiger partial charge in [0.25, 0.3) is 0 Å². The maximum Gasteiger partial charge on any atom is 0.308 e. The molecule has 1 aliphatic heterocycles. The van der Waals surface area contributed by atoms with E-state index in [2.05, 4.69) is 10.1 Å². The van der Waals surface area contributed by atoms with Gasteiger partial charge in [0.2, 0.25) is 0 Å². The van der Waals surface area contributed by atoms with Crippen LogP contribution in [-0.2, 0) is 9.53 Å². The minimum Gasteiger partial charge on any atom is -0.469 e. The first-order valence-electron chi connectivity index (χ1n) is 6.48. The summed E-state index contributed by atoms with van der Waals surface area (Å²) in [6, 6.07) is 7.10. The molecule has 0 bridgehead atoms. The largest absolute Gasteiger partial charge is 0.469 e. The zero-order chi connectivity index (χ0) is 15.0. The second kappa shape index (κ2) is 5.33. The van der Waals surface area contributed by atoms with Gasteiger partial charge in [0.15, 0.2) is 5.76 Å². The van der Waals surface area contributed by atoms with Crippen LogP contribution in [0.1, 0.15) is 29.5 Å². The van der Waals surface area contributed by atoms with Gasteiger partial charge in [-0.3, -0.25) is 9.79 Å². The third-order valence-corrected chi connectivity index (χ3v) is 3.77. The molecule has 0 saturated carbocycles. The van der Waals surface area contributed by atoms with Crippen LogP contribution in [0, 0.1) is 6.92 Å². The average Bonchev–Trinajstić information content (AvgIpc) is 2.82. The number of nitrogens with zero attached hydrogens (tertiary/aromatic N) is 2. The van der Waals surface area contributed by atoms with Gasteiger partial charge in [-0.1, -0.05) is 41.0 Å². The molecular formula is C15H13ClN2O3. The third-order valence-electron chi connectivity index (χ3n) is 3.47. The number of carbonyl (C=O) groups excluding carboxylic acids is 1. The number of aromatic nitrogens is 1. The molecule has 0 fully saturated rings. The fraction of sp³-hybridized carbons (Fsp3) is 0.267. The number of ether oxygens (including phenoxy) is 1. The molecule has 21 heavy (non-hydrogen) atoms. The van der Waals surface area contributed by atoms with E-state index in [4.69, 9.17) is 20.9 Å². The molecule has 0 amide bonds. The minimum atomic E-state index is -0.534. The zero-order valence-electron chi connectivity index (χ0n) is 11.6. The highest BCUT2D eigenvalue weighted by atomic mass is 35.5. The molecule has 1 atom stereocenters. The second-order valence-corrected chi connectivity index (χ2v) is 5.13. The smallest absolute Gasteiger partial charge is 0.308 e. The Labute approximate surface area is 126 Å². The number of aryl methyl sites for hydroxylation is 1.